The van der Waals surface area contributed by atoms with Gasteiger partial charge in [0.05, 0.1) is 7.11 Å². The van der Waals surface area contributed by atoms with E-state index in [1.807, 2.05) is 0 Å². The summed E-state index contributed by atoms with van der Waals surface area (Å²) in [7, 11) is 1.45. The number of methoxy groups -OCH3 is 1. The van der Waals surface area contributed by atoms with Crippen molar-refractivity contribution in [1.29, 1.82) is 0 Å². The van der Waals surface area contributed by atoms with Crippen LogP contribution in [0.25, 0.3) is 0 Å². The molecule has 0 saturated carbocycles. The third kappa shape index (κ3) is 3.62. The lowest BCUT2D eigenvalue weighted by Crippen LogP contribution is -2.16. The van der Waals surface area contributed by atoms with Crippen molar-refractivity contribution in [3.63, 3.8) is 0 Å². The van der Waals surface area contributed by atoms with Gasteiger partial charge in [-0.25, -0.2) is 4.98 Å². The molecule has 0 aliphatic carbocycles. The fraction of sp³-hybridized carbons (Fsp3) is 0.154. The average molecular weight is 372 g/mol. The minimum Gasteiger partial charge on any atom is -0.481 e. The molecule has 2 aromatic rings. The first-order valence-electron chi connectivity index (χ1n) is 5.86. The fourth-order valence-electron chi connectivity index (χ4n) is 1.66. The molecule has 1 heterocycles. The molecule has 0 unspecified atom stereocenters. The Kier molecular flexibility index (Phi) is 4.64. The van der Waals surface area contributed by atoms with Gasteiger partial charge in [0.2, 0.25) is 11.8 Å². The number of nitrogens with two attached hydrogens (primary N) is 1. The van der Waals surface area contributed by atoms with Crippen molar-refractivity contribution in [2.75, 3.05) is 18.2 Å². The van der Waals surface area contributed by atoms with Crippen molar-refractivity contribution in [2.24, 2.45) is 0 Å². The van der Waals surface area contributed by atoms with Crippen molar-refractivity contribution >= 4 is 45.1 Å². The molecule has 3 N–H and O–H groups in total. The fourth-order valence-corrected chi connectivity index (χ4v) is 2.31. The zero-order valence-electron chi connectivity index (χ0n) is 11.3. The van der Waals surface area contributed by atoms with E-state index in [1.54, 1.807) is 19.1 Å². The van der Waals surface area contributed by atoms with E-state index in [1.165, 1.54) is 13.2 Å². The molecule has 2 rings (SSSR count). The number of amides is 1. The molecule has 0 bridgehead atoms. The molecule has 0 saturated heterocycles. The Morgan fingerprint density at radius 1 is 1.38 bits per heavy atom. The third-order valence-corrected chi connectivity index (χ3v) is 3.41. The van der Waals surface area contributed by atoms with Crippen molar-refractivity contribution in [2.45, 2.75) is 6.92 Å². The van der Waals surface area contributed by atoms with Gasteiger partial charge in [-0.3, -0.25) is 10.1 Å². The number of ether oxygens (including phenoxy) is 1. The summed E-state index contributed by atoms with van der Waals surface area (Å²) in [5, 5.41) is 2.74. The van der Waals surface area contributed by atoms with Crippen molar-refractivity contribution in [1.82, 2.24) is 9.97 Å². The number of nitrogens with one attached hydrogen (secondary N) is 1. The van der Waals surface area contributed by atoms with Crippen LogP contribution in [0.15, 0.2) is 22.7 Å². The van der Waals surface area contributed by atoms with Crippen molar-refractivity contribution < 1.29 is 9.53 Å². The zero-order valence-corrected chi connectivity index (χ0v) is 13.6. The number of halogens is 2. The first-order valence-corrected chi connectivity index (χ1v) is 7.03. The molecule has 0 fully saturated rings. The molecule has 0 atom stereocenters. The van der Waals surface area contributed by atoms with Gasteiger partial charge in [0, 0.05) is 21.8 Å². The molecular weight excluding hydrogens is 360 g/mol. The van der Waals surface area contributed by atoms with Crippen molar-refractivity contribution in [3.8, 4) is 5.88 Å². The van der Waals surface area contributed by atoms with Crippen LogP contribution in [0.4, 0.5) is 11.6 Å². The number of aromatic nitrogens is 2. The summed E-state index contributed by atoms with van der Waals surface area (Å²) in [6, 6.07) is 4.84. The molecule has 8 heteroatoms. The first-order chi connectivity index (χ1) is 9.90. The summed E-state index contributed by atoms with van der Waals surface area (Å²) in [5.74, 6) is -0.0668. The van der Waals surface area contributed by atoms with E-state index >= 15 is 0 Å². The summed E-state index contributed by atoms with van der Waals surface area (Å²) in [5.41, 5.74) is 7.44. The van der Waals surface area contributed by atoms with Gasteiger partial charge >= 0.3 is 0 Å². The summed E-state index contributed by atoms with van der Waals surface area (Å²) >= 11 is 9.13. The lowest BCUT2D eigenvalue weighted by atomic mass is 10.1. The van der Waals surface area contributed by atoms with Crippen molar-refractivity contribution in [3.05, 3.63) is 39.0 Å². The summed E-state index contributed by atoms with van der Waals surface area (Å²) < 4.78 is 5.68. The topological polar surface area (TPSA) is 90.1 Å². The zero-order chi connectivity index (χ0) is 15.6. The molecule has 21 heavy (non-hydrogen) atoms. The average Bonchev–Trinajstić information content (AvgIpc) is 2.41. The number of rotatable bonds is 3. The molecule has 1 amide bonds. The quantitative estimate of drug-likeness (QED) is 0.639. The highest BCUT2D eigenvalue weighted by atomic mass is 79.9. The first kappa shape index (κ1) is 15.5. The number of nitrogen functional groups attached to an aromatic ring is 1. The summed E-state index contributed by atoms with van der Waals surface area (Å²) in [6.45, 7) is 1.76. The largest absolute Gasteiger partial charge is 0.481 e. The maximum absolute atomic E-state index is 12.3. The van der Waals surface area contributed by atoms with Crippen LogP contribution in [-0.2, 0) is 0 Å². The number of nitrogens with zero attached hydrogens (tertiary/aromatic N) is 2. The SMILES string of the molecule is COc1cc(Cl)nc(NC(=O)c2cc(Br)cc(N)c2C)n1. The maximum atomic E-state index is 12.3. The van der Waals surface area contributed by atoms with E-state index < -0.39 is 0 Å². The summed E-state index contributed by atoms with van der Waals surface area (Å²) in [4.78, 5) is 20.2. The Balaban J connectivity index is 2.32. The lowest BCUT2D eigenvalue weighted by molar-refractivity contribution is 0.102. The van der Waals surface area contributed by atoms with Gasteiger partial charge in [-0.1, -0.05) is 27.5 Å². The lowest BCUT2D eigenvalue weighted by Gasteiger charge is -2.10. The van der Waals surface area contributed by atoms with Crippen LogP contribution in [0.5, 0.6) is 5.88 Å². The van der Waals surface area contributed by atoms with E-state index in [0.717, 1.165) is 0 Å². The van der Waals surface area contributed by atoms with Gasteiger partial charge < -0.3 is 10.5 Å². The Morgan fingerprint density at radius 2 is 2.10 bits per heavy atom. The van der Waals surface area contributed by atoms with Gasteiger partial charge in [-0.2, -0.15) is 4.98 Å². The van der Waals surface area contributed by atoms with Gasteiger partial charge in [-0.15, -0.1) is 0 Å². The number of hydrogen-bond donors (Lipinski definition) is 2. The van der Waals surface area contributed by atoms with Crippen LogP contribution >= 0.6 is 27.5 Å². The molecule has 110 valence electrons. The van der Waals surface area contributed by atoms with Gasteiger partial charge in [0.25, 0.3) is 5.91 Å². The Hall–Kier alpha value is -1.86. The highest BCUT2D eigenvalue weighted by molar-refractivity contribution is 9.10. The highest BCUT2D eigenvalue weighted by Gasteiger charge is 2.14. The molecular formula is C13H12BrClN4O2. The highest BCUT2D eigenvalue weighted by Crippen LogP contribution is 2.24. The summed E-state index contributed by atoms with van der Waals surface area (Å²) in [6.07, 6.45) is 0. The predicted molar refractivity (Wildman–Crippen MR) is 84.8 cm³/mol. The van der Waals surface area contributed by atoms with Gasteiger partial charge in [-0.05, 0) is 24.6 Å². The normalized spacial score (nSPS) is 10.3. The smallest absolute Gasteiger partial charge is 0.258 e. The molecule has 1 aromatic carbocycles. The van der Waals surface area contributed by atoms with Crippen LogP contribution in [-0.4, -0.2) is 23.0 Å². The molecule has 0 aliphatic heterocycles. The van der Waals surface area contributed by atoms with Crippen LogP contribution in [0.3, 0.4) is 0 Å². The second kappa shape index (κ2) is 6.28. The van der Waals surface area contributed by atoms with Crippen LogP contribution < -0.4 is 15.8 Å². The van der Waals surface area contributed by atoms with E-state index in [4.69, 9.17) is 22.1 Å². The molecule has 0 spiro atoms. The minimum atomic E-state index is -0.384. The Bertz CT molecular complexity index is 709. The monoisotopic (exact) mass is 370 g/mol. The number of hydrogen-bond acceptors (Lipinski definition) is 5. The van der Waals surface area contributed by atoms with E-state index in [9.17, 15) is 4.79 Å². The number of anilines is 2. The number of carbonyl (C=O) groups excluding carboxylic acids is 1. The molecule has 0 aliphatic rings. The second-order valence-electron chi connectivity index (χ2n) is 4.18. The van der Waals surface area contributed by atoms with E-state index in [-0.39, 0.29) is 22.9 Å². The third-order valence-electron chi connectivity index (χ3n) is 2.76. The standard InChI is InChI=1S/C13H12BrClN4O2/c1-6-8(3-7(14)4-9(6)16)12(20)19-13-17-10(15)5-11(18-13)21-2/h3-5H,16H2,1-2H3,(H,17,18,19,20). The van der Waals surface area contributed by atoms with Crippen LogP contribution in [0.1, 0.15) is 15.9 Å². The Labute approximate surface area is 134 Å². The number of benzene rings is 1. The van der Waals surface area contributed by atoms with Crippen LogP contribution in [0.2, 0.25) is 5.15 Å². The van der Waals surface area contributed by atoms with Gasteiger partial charge in [0.1, 0.15) is 5.15 Å². The second-order valence-corrected chi connectivity index (χ2v) is 5.48. The molecule has 1 aromatic heterocycles. The minimum absolute atomic E-state index is 0.0577. The predicted octanol–water partition coefficient (Wildman–Crippen LogP) is 3.04. The van der Waals surface area contributed by atoms with Crippen LogP contribution in [0, 0.1) is 6.92 Å². The number of carbonyl (C=O) groups is 1. The van der Waals surface area contributed by atoms with Gasteiger partial charge in [0.15, 0.2) is 0 Å². The molecule has 6 nitrogen and oxygen atoms in total. The van der Waals surface area contributed by atoms with E-state index in [0.29, 0.717) is 21.3 Å². The Morgan fingerprint density at radius 3 is 2.76 bits per heavy atom. The maximum Gasteiger partial charge on any atom is 0.258 e. The molecule has 0 radical (unpaired) electrons. The van der Waals surface area contributed by atoms with E-state index in [2.05, 4.69) is 31.2 Å².